The highest BCUT2D eigenvalue weighted by Gasteiger charge is 2.27. The largest absolute Gasteiger partial charge is 0.478 e. The molecule has 2 amide bonds. The van der Waals surface area contributed by atoms with E-state index in [1.165, 1.54) is 6.08 Å². The first-order valence-electron chi connectivity index (χ1n) is 7.19. The van der Waals surface area contributed by atoms with Crippen LogP contribution in [0.1, 0.15) is 31.7 Å². The molecule has 0 aromatic heterocycles. The fourth-order valence-corrected chi connectivity index (χ4v) is 2.57. The maximum atomic E-state index is 12.2. The summed E-state index contributed by atoms with van der Waals surface area (Å²) in [4.78, 5) is 24.5. The number of urea groups is 1. The van der Waals surface area contributed by atoms with Crippen molar-refractivity contribution in [3.63, 3.8) is 0 Å². The zero-order chi connectivity index (χ0) is 15.2. The van der Waals surface area contributed by atoms with Crippen molar-refractivity contribution >= 4 is 23.8 Å². The number of carboxylic acids is 1. The van der Waals surface area contributed by atoms with Gasteiger partial charge >= 0.3 is 12.0 Å². The summed E-state index contributed by atoms with van der Waals surface area (Å²) in [6.45, 7) is 2.91. The summed E-state index contributed by atoms with van der Waals surface area (Å²) < 4.78 is 0. The molecule has 1 aromatic carbocycles. The number of carbonyl (C=O) groups excluding carboxylic acids is 1. The smallest absolute Gasteiger partial charge is 0.328 e. The van der Waals surface area contributed by atoms with Crippen LogP contribution in [0.5, 0.6) is 0 Å². The second kappa shape index (κ2) is 6.92. The molecule has 1 saturated heterocycles. The normalized spacial score (nSPS) is 18.1. The first kappa shape index (κ1) is 15.1. The zero-order valence-corrected chi connectivity index (χ0v) is 12.1. The summed E-state index contributed by atoms with van der Waals surface area (Å²) in [5.74, 6) is -0.980. The van der Waals surface area contributed by atoms with E-state index in [1.54, 1.807) is 24.3 Å². The van der Waals surface area contributed by atoms with Gasteiger partial charge in [0.25, 0.3) is 0 Å². The Hall–Kier alpha value is -2.30. The number of rotatable bonds is 4. The van der Waals surface area contributed by atoms with Gasteiger partial charge in [0.15, 0.2) is 0 Å². The number of carbonyl (C=O) groups is 2. The van der Waals surface area contributed by atoms with Crippen LogP contribution in [0.4, 0.5) is 10.5 Å². The van der Waals surface area contributed by atoms with E-state index in [-0.39, 0.29) is 6.03 Å². The Balaban J connectivity index is 1.97. The van der Waals surface area contributed by atoms with Gasteiger partial charge in [0, 0.05) is 24.4 Å². The van der Waals surface area contributed by atoms with Gasteiger partial charge < -0.3 is 15.3 Å². The average Bonchev–Trinajstić information content (AvgIpc) is 2.95. The molecular formula is C16H20N2O3. The molecule has 1 aromatic rings. The van der Waals surface area contributed by atoms with E-state index in [9.17, 15) is 9.59 Å². The minimum absolute atomic E-state index is 0.0619. The summed E-state index contributed by atoms with van der Waals surface area (Å²) in [7, 11) is 0. The van der Waals surface area contributed by atoms with Gasteiger partial charge in [0.05, 0.1) is 0 Å². The molecule has 1 heterocycles. The number of hydrogen-bond donors (Lipinski definition) is 2. The van der Waals surface area contributed by atoms with Gasteiger partial charge in [-0.05, 0) is 43.0 Å². The molecule has 2 N–H and O–H groups in total. The third kappa shape index (κ3) is 4.08. The number of anilines is 1. The molecule has 2 rings (SSSR count). The van der Waals surface area contributed by atoms with Crippen molar-refractivity contribution in [2.24, 2.45) is 0 Å². The Bertz CT molecular complexity index is 537. The monoisotopic (exact) mass is 288 g/mol. The Morgan fingerprint density at radius 2 is 2.10 bits per heavy atom. The van der Waals surface area contributed by atoms with Crippen LogP contribution in [-0.4, -0.2) is 34.6 Å². The van der Waals surface area contributed by atoms with E-state index in [0.717, 1.165) is 37.4 Å². The first-order chi connectivity index (χ1) is 10.1. The van der Waals surface area contributed by atoms with E-state index in [4.69, 9.17) is 5.11 Å². The summed E-state index contributed by atoms with van der Waals surface area (Å²) in [6.07, 6.45) is 5.71. The lowest BCUT2D eigenvalue weighted by Gasteiger charge is -2.23. The van der Waals surface area contributed by atoms with Crippen LogP contribution in [0.2, 0.25) is 0 Å². The Morgan fingerprint density at radius 3 is 2.71 bits per heavy atom. The van der Waals surface area contributed by atoms with Gasteiger partial charge in [-0.2, -0.15) is 0 Å². The standard InChI is InChI=1S/C16H20N2O3/c1-2-14-4-3-11-18(14)16(21)17-13-8-5-12(6-9-13)7-10-15(19)20/h5-10,14H,2-4,11H2,1H3,(H,17,21)(H,19,20)/b10-7+. The van der Waals surface area contributed by atoms with Crippen molar-refractivity contribution in [2.45, 2.75) is 32.2 Å². The minimum Gasteiger partial charge on any atom is -0.478 e. The predicted octanol–water partition coefficient (Wildman–Crippen LogP) is 3.19. The van der Waals surface area contributed by atoms with Crippen molar-refractivity contribution in [1.29, 1.82) is 0 Å². The van der Waals surface area contributed by atoms with E-state index in [0.29, 0.717) is 11.7 Å². The number of carboxylic acid groups (broad SMARTS) is 1. The molecule has 5 heteroatoms. The number of nitrogens with one attached hydrogen (secondary N) is 1. The highest BCUT2D eigenvalue weighted by molar-refractivity contribution is 5.90. The third-order valence-electron chi connectivity index (χ3n) is 3.69. The topological polar surface area (TPSA) is 69.6 Å². The number of benzene rings is 1. The summed E-state index contributed by atoms with van der Waals surface area (Å²) in [5.41, 5.74) is 1.50. The highest BCUT2D eigenvalue weighted by atomic mass is 16.4. The molecule has 0 radical (unpaired) electrons. The summed E-state index contributed by atoms with van der Waals surface area (Å²) in [5, 5.41) is 11.5. The van der Waals surface area contributed by atoms with Gasteiger partial charge in [0.2, 0.25) is 0 Å². The number of nitrogens with zero attached hydrogens (tertiary/aromatic N) is 1. The van der Waals surface area contributed by atoms with Crippen LogP contribution in [0.25, 0.3) is 6.08 Å². The SMILES string of the molecule is CCC1CCCN1C(=O)Nc1ccc(/C=C/C(=O)O)cc1. The third-order valence-corrected chi connectivity index (χ3v) is 3.69. The van der Waals surface area contributed by atoms with E-state index >= 15 is 0 Å². The Kier molecular flexibility index (Phi) is 4.98. The number of likely N-dealkylation sites (tertiary alicyclic amines) is 1. The minimum atomic E-state index is -0.980. The lowest BCUT2D eigenvalue weighted by molar-refractivity contribution is -0.131. The Labute approximate surface area is 124 Å². The summed E-state index contributed by atoms with van der Waals surface area (Å²) in [6, 6.07) is 7.37. The van der Waals surface area contributed by atoms with Crippen molar-refractivity contribution in [1.82, 2.24) is 4.90 Å². The molecular weight excluding hydrogens is 268 g/mol. The van der Waals surface area contributed by atoms with E-state index in [2.05, 4.69) is 12.2 Å². The molecule has 1 unspecified atom stereocenters. The van der Waals surface area contributed by atoms with E-state index in [1.807, 2.05) is 4.90 Å². The second-order valence-corrected chi connectivity index (χ2v) is 5.12. The van der Waals surface area contributed by atoms with Gasteiger partial charge in [-0.25, -0.2) is 9.59 Å². The molecule has 1 atom stereocenters. The lowest BCUT2D eigenvalue weighted by atomic mass is 10.2. The van der Waals surface area contributed by atoms with Gasteiger partial charge in [-0.15, -0.1) is 0 Å². The quantitative estimate of drug-likeness (QED) is 0.836. The van der Waals surface area contributed by atoms with Crippen LogP contribution < -0.4 is 5.32 Å². The molecule has 1 aliphatic heterocycles. The van der Waals surface area contributed by atoms with Crippen LogP contribution in [0.3, 0.4) is 0 Å². The van der Waals surface area contributed by atoms with Gasteiger partial charge in [-0.3, -0.25) is 0 Å². The van der Waals surface area contributed by atoms with Gasteiger partial charge in [0.1, 0.15) is 0 Å². The number of amides is 2. The zero-order valence-electron chi connectivity index (χ0n) is 12.1. The van der Waals surface area contributed by atoms with Crippen LogP contribution in [-0.2, 0) is 4.79 Å². The van der Waals surface area contributed by atoms with Crippen LogP contribution >= 0.6 is 0 Å². The average molecular weight is 288 g/mol. The molecule has 0 bridgehead atoms. The second-order valence-electron chi connectivity index (χ2n) is 5.12. The maximum Gasteiger partial charge on any atom is 0.328 e. The fourth-order valence-electron chi connectivity index (χ4n) is 2.57. The van der Waals surface area contributed by atoms with Crippen molar-refractivity contribution < 1.29 is 14.7 Å². The molecule has 21 heavy (non-hydrogen) atoms. The number of hydrogen-bond acceptors (Lipinski definition) is 2. The van der Waals surface area contributed by atoms with Crippen molar-refractivity contribution in [2.75, 3.05) is 11.9 Å². The molecule has 0 saturated carbocycles. The fraction of sp³-hybridized carbons (Fsp3) is 0.375. The molecule has 112 valence electrons. The first-order valence-corrected chi connectivity index (χ1v) is 7.19. The lowest BCUT2D eigenvalue weighted by Crippen LogP contribution is -2.38. The molecule has 0 aliphatic carbocycles. The maximum absolute atomic E-state index is 12.2. The molecule has 1 aliphatic rings. The van der Waals surface area contributed by atoms with E-state index < -0.39 is 5.97 Å². The van der Waals surface area contributed by atoms with Crippen molar-refractivity contribution in [3.8, 4) is 0 Å². The van der Waals surface area contributed by atoms with Crippen LogP contribution in [0, 0.1) is 0 Å². The number of aliphatic carboxylic acids is 1. The summed E-state index contributed by atoms with van der Waals surface area (Å²) >= 11 is 0. The molecule has 0 spiro atoms. The predicted molar refractivity (Wildman–Crippen MR) is 82.1 cm³/mol. The van der Waals surface area contributed by atoms with Crippen molar-refractivity contribution in [3.05, 3.63) is 35.9 Å². The van der Waals surface area contributed by atoms with Gasteiger partial charge in [-0.1, -0.05) is 19.1 Å². The highest BCUT2D eigenvalue weighted by Crippen LogP contribution is 2.21. The molecule has 1 fully saturated rings. The van der Waals surface area contributed by atoms with Crippen LogP contribution in [0.15, 0.2) is 30.3 Å². The Morgan fingerprint density at radius 1 is 1.38 bits per heavy atom. The molecule has 5 nitrogen and oxygen atoms in total.